The maximum Gasteiger partial charge on any atom is 0.272 e. The molecular formula is C23H24N4O. The molecule has 1 aliphatic rings. The van der Waals surface area contributed by atoms with Crippen LogP contribution in [0.2, 0.25) is 0 Å². The van der Waals surface area contributed by atoms with Gasteiger partial charge >= 0.3 is 0 Å². The summed E-state index contributed by atoms with van der Waals surface area (Å²) in [5, 5.41) is 3.39. The van der Waals surface area contributed by atoms with Gasteiger partial charge in [-0.2, -0.15) is 0 Å². The van der Waals surface area contributed by atoms with E-state index in [-0.39, 0.29) is 11.9 Å². The van der Waals surface area contributed by atoms with Crippen molar-refractivity contribution in [3.8, 4) is 0 Å². The Balaban J connectivity index is 1.53. The number of benzene rings is 2. The van der Waals surface area contributed by atoms with Crippen molar-refractivity contribution in [2.45, 2.75) is 32.9 Å². The molecule has 1 amide bonds. The molecular weight excluding hydrogens is 348 g/mol. The summed E-state index contributed by atoms with van der Waals surface area (Å²) in [4.78, 5) is 23.8. The average molecular weight is 372 g/mol. The third-order valence-corrected chi connectivity index (χ3v) is 5.14. The van der Waals surface area contributed by atoms with Gasteiger partial charge in [-0.15, -0.1) is 0 Å². The number of nitrogens with zero attached hydrogens (tertiary/aromatic N) is 3. The van der Waals surface area contributed by atoms with Gasteiger partial charge in [-0.05, 0) is 37.0 Å². The first-order valence-electron chi connectivity index (χ1n) is 9.63. The Kier molecular flexibility index (Phi) is 5.06. The summed E-state index contributed by atoms with van der Waals surface area (Å²) in [5.41, 5.74) is 4.14. The van der Waals surface area contributed by atoms with Crippen LogP contribution in [0.3, 0.4) is 0 Å². The lowest BCUT2D eigenvalue weighted by atomic mass is 10.00. The van der Waals surface area contributed by atoms with Crippen LogP contribution in [0.25, 0.3) is 0 Å². The second-order valence-electron chi connectivity index (χ2n) is 7.21. The fourth-order valence-corrected chi connectivity index (χ4v) is 3.63. The van der Waals surface area contributed by atoms with E-state index in [4.69, 9.17) is 0 Å². The number of hydrogen-bond acceptors (Lipinski definition) is 4. The molecule has 1 aromatic heterocycles. The summed E-state index contributed by atoms with van der Waals surface area (Å²) in [7, 11) is 0. The van der Waals surface area contributed by atoms with Crippen LogP contribution >= 0.6 is 0 Å². The predicted octanol–water partition coefficient (Wildman–Crippen LogP) is 4.16. The monoisotopic (exact) mass is 372 g/mol. The molecule has 0 aliphatic carbocycles. The summed E-state index contributed by atoms with van der Waals surface area (Å²) in [6, 6.07) is 20.3. The number of nitrogens with one attached hydrogen (secondary N) is 1. The van der Waals surface area contributed by atoms with Crippen molar-refractivity contribution >= 4 is 11.7 Å². The third-order valence-electron chi connectivity index (χ3n) is 5.14. The summed E-state index contributed by atoms with van der Waals surface area (Å²) < 4.78 is 0. The summed E-state index contributed by atoms with van der Waals surface area (Å²) in [6.45, 7) is 5.24. The number of carbonyl (C=O) groups is 1. The maximum absolute atomic E-state index is 13.1. The number of aryl methyl sites for hydroxylation is 1. The van der Waals surface area contributed by atoms with E-state index in [1.165, 1.54) is 16.7 Å². The van der Waals surface area contributed by atoms with E-state index in [1.807, 2.05) is 36.1 Å². The standard InChI is InChI=1S/C23H24N4O/c1-16(18-8-4-3-5-9-18)24-22-14-21(25-17(2)26-22)23(28)27-13-12-19-10-6-7-11-20(19)15-27/h3-11,14,16H,12-13,15H2,1-2H3,(H,24,25,26). The van der Waals surface area contributed by atoms with Gasteiger partial charge in [0.2, 0.25) is 0 Å². The number of rotatable bonds is 4. The number of anilines is 1. The second-order valence-corrected chi connectivity index (χ2v) is 7.21. The Morgan fingerprint density at radius 1 is 1.04 bits per heavy atom. The molecule has 1 N–H and O–H groups in total. The van der Waals surface area contributed by atoms with Crippen LogP contribution in [0, 0.1) is 6.92 Å². The van der Waals surface area contributed by atoms with Crippen molar-refractivity contribution < 1.29 is 4.79 Å². The van der Waals surface area contributed by atoms with Gasteiger partial charge in [-0.25, -0.2) is 9.97 Å². The van der Waals surface area contributed by atoms with E-state index >= 15 is 0 Å². The second kappa shape index (κ2) is 7.80. The van der Waals surface area contributed by atoms with Crippen molar-refractivity contribution in [1.29, 1.82) is 0 Å². The summed E-state index contributed by atoms with van der Waals surface area (Å²) in [6.07, 6.45) is 0.877. The molecule has 2 aromatic carbocycles. The van der Waals surface area contributed by atoms with Crippen LogP contribution in [-0.4, -0.2) is 27.3 Å². The Hall–Kier alpha value is -3.21. The maximum atomic E-state index is 13.1. The minimum Gasteiger partial charge on any atom is -0.363 e. The van der Waals surface area contributed by atoms with Gasteiger partial charge in [-0.1, -0.05) is 54.6 Å². The highest BCUT2D eigenvalue weighted by Crippen LogP contribution is 2.22. The van der Waals surface area contributed by atoms with E-state index in [9.17, 15) is 4.79 Å². The van der Waals surface area contributed by atoms with E-state index in [0.717, 1.165) is 6.42 Å². The molecule has 0 fully saturated rings. The fraction of sp³-hybridized carbons (Fsp3) is 0.261. The van der Waals surface area contributed by atoms with Crippen LogP contribution < -0.4 is 5.32 Å². The Morgan fingerprint density at radius 3 is 2.54 bits per heavy atom. The van der Waals surface area contributed by atoms with Gasteiger partial charge in [-0.3, -0.25) is 4.79 Å². The van der Waals surface area contributed by atoms with Crippen LogP contribution in [0.5, 0.6) is 0 Å². The molecule has 142 valence electrons. The lowest BCUT2D eigenvalue weighted by molar-refractivity contribution is 0.0728. The van der Waals surface area contributed by atoms with Crippen LogP contribution in [0.15, 0.2) is 60.7 Å². The van der Waals surface area contributed by atoms with E-state index in [1.54, 1.807) is 6.07 Å². The number of aromatic nitrogens is 2. The van der Waals surface area contributed by atoms with E-state index in [2.05, 4.69) is 52.5 Å². The van der Waals surface area contributed by atoms with Crippen molar-refractivity contribution in [3.05, 3.63) is 88.9 Å². The van der Waals surface area contributed by atoms with Gasteiger partial charge in [0.05, 0.1) is 0 Å². The third kappa shape index (κ3) is 3.88. The summed E-state index contributed by atoms with van der Waals surface area (Å²) >= 11 is 0. The molecule has 0 radical (unpaired) electrons. The summed E-state index contributed by atoms with van der Waals surface area (Å²) in [5.74, 6) is 1.21. The zero-order valence-corrected chi connectivity index (χ0v) is 16.2. The van der Waals surface area contributed by atoms with Crippen molar-refractivity contribution in [2.75, 3.05) is 11.9 Å². The Labute approximate surface area is 165 Å². The number of fused-ring (bicyclic) bond motifs is 1. The quantitative estimate of drug-likeness (QED) is 0.747. The van der Waals surface area contributed by atoms with Crippen LogP contribution in [-0.2, 0) is 13.0 Å². The topological polar surface area (TPSA) is 58.1 Å². The number of hydrogen-bond donors (Lipinski definition) is 1. The first-order chi connectivity index (χ1) is 13.6. The van der Waals surface area contributed by atoms with Gasteiger partial charge < -0.3 is 10.2 Å². The molecule has 4 rings (SSSR count). The average Bonchev–Trinajstić information content (AvgIpc) is 2.73. The van der Waals surface area contributed by atoms with Gasteiger partial charge in [0.1, 0.15) is 17.3 Å². The van der Waals surface area contributed by atoms with E-state index in [0.29, 0.717) is 30.4 Å². The Morgan fingerprint density at radius 2 is 1.75 bits per heavy atom. The minimum atomic E-state index is -0.0459. The lowest BCUT2D eigenvalue weighted by Gasteiger charge is -2.28. The largest absolute Gasteiger partial charge is 0.363 e. The first-order valence-corrected chi connectivity index (χ1v) is 9.63. The molecule has 0 saturated heterocycles. The molecule has 3 aromatic rings. The van der Waals surface area contributed by atoms with E-state index < -0.39 is 0 Å². The van der Waals surface area contributed by atoms with Gasteiger partial charge in [0.15, 0.2) is 0 Å². The molecule has 0 saturated carbocycles. The molecule has 0 bridgehead atoms. The zero-order chi connectivity index (χ0) is 19.5. The van der Waals surface area contributed by atoms with Crippen molar-refractivity contribution in [1.82, 2.24) is 14.9 Å². The van der Waals surface area contributed by atoms with Crippen LogP contribution in [0.4, 0.5) is 5.82 Å². The lowest BCUT2D eigenvalue weighted by Crippen LogP contribution is -2.36. The smallest absolute Gasteiger partial charge is 0.272 e. The highest BCUT2D eigenvalue weighted by molar-refractivity contribution is 5.93. The highest BCUT2D eigenvalue weighted by atomic mass is 16.2. The minimum absolute atomic E-state index is 0.0459. The highest BCUT2D eigenvalue weighted by Gasteiger charge is 2.23. The number of carbonyl (C=O) groups excluding carboxylic acids is 1. The molecule has 28 heavy (non-hydrogen) atoms. The zero-order valence-electron chi connectivity index (χ0n) is 16.2. The predicted molar refractivity (Wildman–Crippen MR) is 110 cm³/mol. The van der Waals surface area contributed by atoms with Crippen molar-refractivity contribution in [3.63, 3.8) is 0 Å². The molecule has 2 heterocycles. The SMILES string of the molecule is Cc1nc(NC(C)c2ccccc2)cc(C(=O)N2CCc3ccccc3C2)n1. The first kappa shape index (κ1) is 18.2. The van der Waals surface area contributed by atoms with Crippen molar-refractivity contribution in [2.24, 2.45) is 0 Å². The Bertz CT molecular complexity index is 987. The van der Waals surface area contributed by atoms with Gasteiger partial charge in [0.25, 0.3) is 5.91 Å². The van der Waals surface area contributed by atoms with Crippen LogP contribution in [0.1, 0.15) is 46.0 Å². The molecule has 0 spiro atoms. The molecule has 1 unspecified atom stereocenters. The fourth-order valence-electron chi connectivity index (χ4n) is 3.63. The number of amides is 1. The normalized spacial score (nSPS) is 14.3. The molecule has 5 heteroatoms. The molecule has 1 atom stereocenters. The molecule has 5 nitrogen and oxygen atoms in total. The molecule has 1 aliphatic heterocycles. The van der Waals surface area contributed by atoms with Gasteiger partial charge in [0, 0.05) is 25.2 Å².